The smallest absolute Gasteiger partial charge is 0.228 e. The summed E-state index contributed by atoms with van der Waals surface area (Å²) < 4.78 is 0. The molecule has 0 radical (unpaired) electrons. The minimum atomic E-state index is -0.0764. The van der Waals surface area contributed by atoms with E-state index in [0.717, 1.165) is 22.5 Å². The molecule has 0 spiro atoms. The van der Waals surface area contributed by atoms with E-state index < -0.39 is 0 Å². The Balaban J connectivity index is 2.07. The highest BCUT2D eigenvalue weighted by Gasteiger charge is 2.11. The number of nitrogens with zero attached hydrogens (tertiary/aromatic N) is 1. The van der Waals surface area contributed by atoms with Crippen LogP contribution in [0.5, 0.6) is 0 Å². The molecule has 5 heteroatoms. The van der Waals surface area contributed by atoms with E-state index in [0.29, 0.717) is 17.1 Å². The van der Waals surface area contributed by atoms with Gasteiger partial charge in [-0.1, -0.05) is 17.7 Å². The van der Waals surface area contributed by atoms with Crippen LogP contribution >= 0.6 is 11.6 Å². The van der Waals surface area contributed by atoms with Crippen LogP contribution in [0.15, 0.2) is 18.2 Å². The summed E-state index contributed by atoms with van der Waals surface area (Å²) >= 11 is 6.02. The van der Waals surface area contributed by atoms with Crippen molar-refractivity contribution in [3.05, 3.63) is 45.7 Å². The third-order valence-electron chi connectivity index (χ3n) is 3.07. The second kappa shape index (κ2) is 5.45. The van der Waals surface area contributed by atoms with Crippen LogP contribution in [0, 0.1) is 20.8 Å². The number of rotatable bonds is 3. The molecular weight excluding hydrogens is 262 g/mol. The van der Waals surface area contributed by atoms with Gasteiger partial charge in [0.25, 0.3) is 0 Å². The Bertz CT molecular complexity index is 600. The molecule has 0 saturated carbocycles. The standard InChI is InChI=1S/C14H16ClN3O/c1-8-4-5-11(6-13(8)15)16-14(19)7-12-9(2)17-18-10(12)3/h4-6H,7H2,1-3H3,(H,16,19)(H,17,18). The summed E-state index contributed by atoms with van der Waals surface area (Å²) in [6.07, 6.45) is 0.305. The van der Waals surface area contributed by atoms with E-state index in [4.69, 9.17) is 11.6 Å². The first-order valence-electron chi connectivity index (χ1n) is 6.04. The average Bonchev–Trinajstić information content (AvgIpc) is 2.66. The minimum absolute atomic E-state index is 0.0764. The van der Waals surface area contributed by atoms with Gasteiger partial charge in [0.05, 0.1) is 12.1 Å². The van der Waals surface area contributed by atoms with Gasteiger partial charge >= 0.3 is 0 Å². The fourth-order valence-corrected chi connectivity index (χ4v) is 2.05. The largest absolute Gasteiger partial charge is 0.326 e. The predicted octanol–water partition coefficient (Wildman–Crippen LogP) is 3.17. The molecule has 19 heavy (non-hydrogen) atoms. The van der Waals surface area contributed by atoms with Crippen molar-refractivity contribution in [3.63, 3.8) is 0 Å². The van der Waals surface area contributed by atoms with Crippen LogP contribution in [0.25, 0.3) is 0 Å². The molecule has 2 aromatic rings. The first-order valence-corrected chi connectivity index (χ1v) is 6.41. The van der Waals surface area contributed by atoms with Gasteiger partial charge in [-0.05, 0) is 38.5 Å². The molecular formula is C14H16ClN3O. The van der Waals surface area contributed by atoms with Crippen molar-refractivity contribution in [2.24, 2.45) is 0 Å². The van der Waals surface area contributed by atoms with Crippen molar-refractivity contribution >= 4 is 23.2 Å². The van der Waals surface area contributed by atoms with Crippen LogP contribution in [0.1, 0.15) is 22.5 Å². The van der Waals surface area contributed by atoms with Gasteiger partial charge in [0.1, 0.15) is 0 Å². The number of aromatic nitrogens is 2. The second-order valence-electron chi connectivity index (χ2n) is 4.60. The van der Waals surface area contributed by atoms with Crippen molar-refractivity contribution < 1.29 is 4.79 Å². The molecule has 1 aromatic heterocycles. The molecule has 0 aliphatic heterocycles. The van der Waals surface area contributed by atoms with Crippen molar-refractivity contribution in [3.8, 4) is 0 Å². The van der Waals surface area contributed by atoms with Gasteiger partial charge in [0.2, 0.25) is 5.91 Å². The van der Waals surface area contributed by atoms with Gasteiger partial charge in [-0.25, -0.2) is 0 Å². The number of hydrogen-bond acceptors (Lipinski definition) is 2. The van der Waals surface area contributed by atoms with Crippen LogP contribution < -0.4 is 5.32 Å². The number of aryl methyl sites for hydroxylation is 3. The number of carbonyl (C=O) groups is 1. The Labute approximate surface area is 117 Å². The summed E-state index contributed by atoms with van der Waals surface area (Å²) in [5.74, 6) is -0.0764. The molecule has 1 amide bonds. The van der Waals surface area contributed by atoms with Gasteiger partial charge in [-0.15, -0.1) is 0 Å². The maximum Gasteiger partial charge on any atom is 0.228 e. The zero-order valence-electron chi connectivity index (χ0n) is 11.2. The fourth-order valence-electron chi connectivity index (χ4n) is 1.87. The third-order valence-corrected chi connectivity index (χ3v) is 3.48. The summed E-state index contributed by atoms with van der Waals surface area (Å²) in [7, 11) is 0. The van der Waals surface area contributed by atoms with Gasteiger partial charge in [-0.3, -0.25) is 9.89 Å². The SMILES string of the molecule is Cc1ccc(NC(=O)Cc2c(C)n[nH]c2C)cc1Cl. The molecule has 1 aromatic carbocycles. The van der Waals surface area contributed by atoms with Crippen LogP contribution in [0.3, 0.4) is 0 Å². The Morgan fingerprint density at radius 1 is 1.37 bits per heavy atom. The van der Waals surface area contributed by atoms with Gasteiger partial charge < -0.3 is 5.32 Å². The number of hydrogen-bond donors (Lipinski definition) is 2. The summed E-state index contributed by atoms with van der Waals surface area (Å²) in [6.45, 7) is 5.71. The quantitative estimate of drug-likeness (QED) is 0.905. The first kappa shape index (κ1) is 13.6. The Morgan fingerprint density at radius 3 is 2.68 bits per heavy atom. The Morgan fingerprint density at radius 2 is 2.11 bits per heavy atom. The first-order chi connectivity index (χ1) is 8.97. The molecule has 4 nitrogen and oxygen atoms in total. The lowest BCUT2D eigenvalue weighted by atomic mass is 10.1. The van der Waals surface area contributed by atoms with E-state index in [-0.39, 0.29) is 5.91 Å². The van der Waals surface area contributed by atoms with E-state index >= 15 is 0 Å². The Hall–Kier alpha value is -1.81. The molecule has 0 aliphatic rings. The number of halogens is 1. The fraction of sp³-hybridized carbons (Fsp3) is 0.286. The number of H-pyrrole nitrogens is 1. The maximum atomic E-state index is 12.0. The minimum Gasteiger partial charge on any atom is -0.326 e. The van der Waals surface area contributed by atoms with E-state index in [1.54, 1.807) is 6.07 Å². The second-order valence-corrected chi connectivity index (χ2v) is 5.01. The maximum absolute atomic E-state index is 12.0. The predicted molar refractivity (Wildman–Crippen MR) is 76.6 cm³/mol. The molecule has 0 unspecified atom stereocenters. The topological polar surface area (TPSA) is 57.8 Å². The zero-order valence-corrected chi connectivity index (χ0v) is 11.9. The summed E-state index contributed by atoms with van der Waals surface area (Å²) in [6, 6.07) is 5.48. The zero-order chi connectivity index (χ0) is 14.0. The highest BCUT2D eigenvalue weighted by Crippen LogP contribution is 2.20. The molecule has 1 heterocycles. The van der Waals surface area contributed by atoms with Crippen LogP contribution in [-0.2, 0) is 11.2 Å². The number of aromatic amines is 1. The third kappa shape index (κ3) is 3.15. The van der Waals surface area contributed by atoms with E-state index in [2.05, 4.69) is 15.5 Å². The lowest BCUT2D eigenvalue weighted by Crippen LogP contribution is -2.15. The van der Waals surface area contributed by atoms with Gasteiger partial charge in [0.15, 0.2) is 0 Å². The molecule has 0 aliphatic carbocycles. The monoisotopic (exact) mass is 277 g/mol. The van der Waals surface area contributed by atoms with Crippen LogP contribution in [-0.4, -0.2) is 16.1 Å². The normalized spacial score (nSPS) is 10.5. The molecule has 0 fully saturated rings. The lowest BCUT2D eigenvalue weighted by molar-refractivity contribution is -0.115. The number of amides is 1. The Kier molecular flexibility index (Phi) is 3.90. The molecule has 0 bridgehead atoms. The van der Waals surface area contributed by atoms with E-state index in [1.807, 2.05) is 32.9 Å². The highest BCUT2D eigenvalue weighted by molar-refractivity contribution is 6.31. The molecule has 2 rings (SSSR count). The van der Waals surface area contributed by atoms with Gasteiger partial charge in [-0.2, -0.15) is 5.10 Å². The number of carbonyl (C=O) groups excluding carboxylic acids is 1. The molecule has 0 atom stereocenters. The number of nitrogens with one attached hydrogen (secondary N) is 2. The van der Waals surface area contributed by atoms with E-state index in [1.165, 1.54) is 0 Å². The van der Waals surface area contributed by atoms with Crippen LogP contribution in [0.2, 0.25) is 5.02 Å². The summed E-state index contributed by atoms with van der Waals surface area (Å²) in [4.78, 5) is 12.0. The van der Waals surface area contributed by atoms with Crippen LogP contribution in [0.4, 0.5) is 5.69 Å². The number of benzene rings is 1. The van der Waals surface area contributed by atoms with Crippen molar-refractivity contribution in [1.29, 1.82) is 0 Å². The lowest BCUT2D eigenvalue weighted by Gasteiger charge is -2.07. The van der Waals surface area contributed by atoms with Crippen molar-refractivity contribution in [2.45, 2.75) is 27.2 Å². The highest BCUT2D eigenvalue weighted by atomic mass is 35.5. The molecule has 2 N–H and O–H groups in total. The number of anilines is 1. The average molecular weight is 278 g/mol. The summed E-state index contributed by atoms with van der Waals surface area (Å²) in [5, 5.41) is 10.4. The van der Waals surface area contributed by atoms with Gasteiger partial charge in [0, 0.05) is 22.0 Å². The molecule has 0 saturated heterocycles. The van der Waals surface area contributed by atoms with E-state index in [9.17, 15) is 4.79 Å². The summed E-state index contributed by atoms with van der Waals surface area (Å²) in [5.41, 5.74) is 4.42. The molecule has 100 valence electrons. The van der Waals surface area contributed by atoms with Crippen molar-refractivity contribution in [2.75, 3.05) is 5.32 Å². The van der Waals surface area contributed by atoms with Crippen molar-refractivity contribution in [1.82, 2.24) is 10.2 Å².